The molecule has 1 atom stereocenters. The van der Waals surface area contributed by atoms with Crippen molar-refractivity contribution in [3.05, 3.63) is 34.9 Å². The first kappa shape index (κ1) is 11.1. The van der Waals surface area contributed by atoms with E-state index in [-0.39, 0.29) is 6.04 Å². The molecular weight excluding hydrogens is 196 g/mol. The van der Waals surface area contributed by atoms with Gasteiger partial charge in [-0.25, -0.2) is 0 Å². The smallest absolute Gasteiger partial charge is 0.0941 e. The first-order valence-corrected chi connectivity index (χ1v) is 5.09. The third kappa shape index (κ3) is 3.04. The van der Waals surface area contributed by atoms with Crippen LogP contribution in [0.5, 0.6) is 0 Å². The molecule has 0 amide bonds. The molecule has 0 saturated carbocycles. The van der Waals surface area contributed by atoms with E-state index in [9.17, 15) is 0 Å². The minimum atomic E-state index is 0.0775. The lowest BCUT2D eigenvalue weighted by molar-refractivity contribution is 0.812. The number of halogens is 1. The average Bonchev–Trinajstić information content (AvgIpc) is 2.17. The zero-order valence-corrected chi connectivity index (χ0v) is 9.25. The monoisotopic (exact) mass is 210 g/mol. The van der Waals surface area contributed by atoms with E-state index < -0.39 is 0 Å². The summed E-state index contributed by atoms with van der Waals surface area (Å²) in [7, 11) is 0. The Hall–Kier alpha value is -1.02. The summed E-state index contributed by atoms with van der Waals surface area (Å²) >= 11 is 5.88. The molecule has 0 radical (unpaired) electrons. The number of hydrogen-bond donors (Lipinski definition) is 1. The molecule has 0 aromatic heterocycles. The highest BCUT2D eigenvalue weighted by atomic mass is 35.5. The summed E-state index contributed by atoms with van der Waals surface area (Å²) in [4.78, 5) is 4.34. The molecule has 0 saturated heterocycles. The number of nitrogens with zero attached hydrogens (tertiary/aromatic N) is 1. The van der Waals surface area contributed by atoms with Crippen LogP contribution in [0.2, 0.25) is 5.02 Å². The van der Waals surface area contributed by atoms with Crippen molar-refractivity contribution in [3.63, 3.8) is 0 Å². The first-order chi connectivity index (χ1) is 6.63. The Kier molecular flexibility index (Phi) is 3.96. The maximum atomic E-state index is 5.88. The van der Waals surface area contributed by atoms with Gasteiger partial charge < -0.3 is 5.73 Å². The highest BCUT2D eigenvalue weighted by Crippen LogP contribution is 2.20. The van der Waals surface area contributed by atoms with Crippen LogP contribution in [0.4, 0.5) is 0 Å². The van der Waals surface area contributed by atoms with E-state index in [0.717, 1.165) is 17.0 Å². The Morgan fingerprint density at radius 2 is 2.29 bits per heavy atom. The zero-order chi connectivity index (χ0) is 10.6. The van der Waals surface area contributed by atoms with E-state index in [4.69, 9.17) is 17.3 Å². The summed E-state index contributed by atoms with van der Waals surface area (Å²) in [5.41, 5.74) is 6.76. The Labute approximate surface area is 89.8 Å². The zero-order valence-electron chi connectivity index (χ0n) is 8.50. The van der Waals surface area contributed by atoms with Crippen LogP contribution in [0.3, 0.4) is 0 Å². The van der Waals surface area contributed by atoms with Gasteiger partial charge in [-0.3, -0.25) is 4.99 Å². The Morgan fingerprint density at radius 1 is 1.57 bits per heavy atom. The van der Waals surface area contributed by atoms with Crippen molar-refractivity contribution >= 4 is 17.4 Å². The van der Waals surface area contributed by atoms with Gasteiger partial charge in [-0.1, -0.05) is 30.7 Å². The van der Waals surface area contributed by atoms with Crippen LogP contribution in [0.15, 0.2) is 29.3 Å². The third-order valence-electron chi connectivity index (χ3n) is 2.05. The maximum absolute atomic E-state index is 5.88. The van der Waals surface area contributed by atoms with E-state index >= 15 is 0 Å². The van der Waals surface area contributed by atoms with Crippen LogP contribution in [-0.4, -0.2) is 5.84 Å². The van der Waals surface area contributed by atoms with Crippen LogP contribution < -0.4 is 5.73 Å². The molecule has 0 aliphatic rings. The molecule has 0 aliphatic carbocycles. The Morgan fingerprint density at radius 3 is 2.86 bits per heavy atom. The molecule has 1 unspecified atom stereocenters. The van der Waals surface area contributed by atoms with Gasteiger partial charge in [0.05, 0.1) is 11.9 Å². The predicted octanol–water partition coefficient (Wildman–Crippen LogP) is 3.17. The van der Waals surface area contributed by atoms with Crippen molar-refractivity contribution in [1.82, 2.24) is 0 Å². The number of nitrogens with two attached hydrogens (primary N) is 1. The van der Waals surface area contributed by atoms with E-state index in [1.165, 1.54) is 0 Å². The van der Waals surface area contributed by atoms with Crippen LogP contribution in [0.1, 0.15) is 31.9 Å². The molecule has 0 spiro atoms. The van der Waals surface area contributed by atoms with Crippen molar-refractivity contribution in [2.45, 2.75) is 26.3 Å². The minimum absolute atomic E-state index is 0.0775. The van der Waals surface area contributed by atoms with Crippen molar-refractivity contribution in [2.75, 3.05) is 0 Å². The molecule has 1 aromatic rings. The number of benzene rings is 1. The molecule has 0 heterocycles. The molecule has 1 aromatic carbocycles. The molecule has 0 aliphatic heterocycles. The van der Waals surface area contributed by atoms with Gasteiger partial charge in [0.25, 0.3) is 0 Å². The van der Waals surface area contributed by atoms with Crippen LogP contribution in [-0.2, 0) is 0 Å². The summed E-state index contributed by atoms with van der Waals surface area (Å²) in [6, 6.07) is 7.77. The standard InChI is InChI=1S/C11H15ClN2/c1-3-11(13)14-8(2)9-5-4-6-10(12)7-9/h4-8H,3H2,1-2H3,(H2,13,14). The minimum Gasteiger partial charge on any atom is -0.387 e. The van der Waals surface area contributed by atoms with E-state index in [1.807, 2.05) is 38.1 Å². The lowest BCUT2D eigenvalue weighted by Gasteiger charge is -2.08. The maximum Gasteiger partial charge on any atom is 0.0941 e. The van der Waals surface area contributed by atoms with Gasteiger partial charge in [-0.15, -0.1) is 0 Å². The van der Waals surface area contributed by atoms with Crippen LogP contribution in [0.25, 0.3) is 0 Å². The predicted molar refractivity (Wildman–Crippen MR) is 61.8 cm³/mol. The Bertz CT molecular complexity index is 334. The lowest BCUT2D eigenvalue weighted by Crippen LogP contribution is -2.11. The highest BCUT2D eigenvalue weighted by Gasteiger charge is 2.03. The summed E-state index contributed by atoms with van der Waals surface area (Å²) in [5.74, 6) is 0.678. The van der Waals surface area contributed by atoms with Gasteiger partial charge in [0.1, 0.15) is 0 Å². The number of amidine groups is 1. The summed E-state index contributed by atoms with van der Waals surface area (Å²) in [6.07, 6.45) is 0.783. The summed E-state index contributed by atoms with van der Waals surface area (Å²) in [5, 5.41) is 0.736. The molecule has 76 valence electrons. The van der Waals surface area contributed by atoms with Gasteiger partial charge in [-0.2, -0.15) is 0 Å². The van der Waals surface area contributed by atoms with Crippen molar-refractivity contribution in [3.8, 4) is 0 Å². The number of hydrogen-bond acceptors (Lipinski definition) is 1. The lowest BCUT2D eigenvalue weighted by atomic mass is 10.1. The van der Waals surface area contributed by atoms with Gasteiger partial charge >= 0.3 is 0 Å². The van der Waals surface area contributed by atoms with Crippen molar-refractivity contribution in [1.29, 1.82) is 0 Å². The molecule has 14 heavy (non-hydrogen) atoms. The largest absolute Gasteiger partial charge is 0.387 e. The molecule has 3 heteroatoms. The number of rotatable bonds is 3. The highest BCUT2D eigenvalue weighted by molar-refractivity contribution is 6.30. The van der Waals surface area contributed by atoms with E-state index in [0.29, 0.717) is 5.84 Å². The molecule has 0 bridgehead atoms. The molecule has 0 fully saturated rings. The third-order valence-corrected chi connectivity index (χ3v) is 2.29. The second-order valence-corrected chi connectivity index (χ2v) is 3.64. The molecular formula is C11H15ClN2. The molecule has 1 rings (SSSR count). The SMILES string of the molecule is CCC(N)=NC(C)c1cccc(Cl)c1. The van der Waals surface area contributed by atoms with E-state index in [1.54, 1.807) is 0 Å². The summed E-state index contributed by atoms with van der Waals surface area (Å²) < 4.78 is 0. The fraction of sp³-hybridized carbons (Fsp3) is 0.364. The quantitative estimate of drug-likeness (QED) is 0.604. The topological polar surface area (TPSA) is 38.4 Å². The fourth-order valence-electron chi connectivity index (χ4n) is 1.18. The second kappa shape index (κ2) is 5.01. The Balaban J connectivity index is 2.84. The van der Waals surface area contributed by atoms with Gasteiger partial charge in [0.2, 0.25) is 0 Å². The second-order valence-electron chi connectivity index (χ2n) is 3.20. The first-order valence-electron chi connectivity index (χ1n) is 4.71. The summed E-state index contributed by atoms with van der Waals surface area (Å²) in [6.45, 7) is 4.00. The van der Waals surface area contributed by atoms with Gasteiger partial charge in [0.15, 0.2) is 0 Å². The van der Waals surface area contributed by atoms with E-state index in [2.05, 4.69) is 4.99 Å². The van der Waals surface area contributed by atoms with Crippen LogP contribution >= 0.6 is 11.6 Å². The molecule has 2 nitrogen and oxygen atoms in total. The molecule has 2 N–H and O–H groups in total. The fourth-order valence-corrected chi connectivity index (χ4v) is 1.38. The van der Waals surface area contributed by atoms with Gasteiger partial charge in [0, 0.05) is 11.4 Å². The van der Waals surface area contributed by atoms with Crippen molar-refractivity contribution < 1.29 is 0 Å². The number of aliphatic imine (C=N–C) groups is 1. The average molecular weight is 211 g/mol. The van der Waals surface area contributed by atoms with Crippen LogP contribution in [0, 0.1) is 0 Å². The van der Waals surface area contributed by atoms with Gasteiger partial charge in [-0.05, 0) is 24.6 Å². The normalized spacial score (nSPS) is 14.1. The van der Waals surface area contributed by atoms with Crippen molar-refractivity contribution in [2.24, 2.45) is 10.7 Å².